The van der Waals surface area contributed by atoms with Crippen molar-refractivity contribution in [2.75, 3.05) is 26.2 Å². The Morgan fingerprint density at radius 3 is 1.50 bits per heavy atom. The fourth-order valence-corrected chi connectivity index (χ4v) is 2.24. The summed E-state index contributed by atoms with van der Waals surface area (Å²) in [7, 11) is 0. The highest BCUT2D eigenvalue weighted by Crippen LogP contribution is 2.01. The van der Waals surface area contributed by atoms with Crippen molar-refractivity contribution < 1.29 is 29.6 Å². The van der Waals surface area contributed by atoms with E-state index in [1.54, 1.807) is 0 Å². The van der Waals surface area contributed by atoms with E-state index in [4.69, 9.17) is 16.1 Å². The van der Waals surface area contributed by atoms with E-state index in [0.717, 1.165) is 0 Å². The molecule has 28 heavy (non-hydrogen) atoms. The van der Waals surface area contributed by atoms with Gasteiger partial charge >= 0.3 is 0 Å². The number of hydrogen-bond donors (Lipinski definition) is 5. The van der Waals surface area contributed by atoms with Crippen molar-refractivity contribution in [3.8, 4) is 0 Å². The van der Waals surface area contributed by atoms with Crippen LogP contribution in [0.4, 0.5) is 0 Å². The molecule has 0 fully saturated rings. The monoisotopic (exact) mass is 403 g/mol. The Kier molecular flexibility index (Phi) is 13.6. The highest BCUT2D eigenvalue weighted by molar-refractivity contribution is 5.78. The van der Waals surface area contributed by atoms with Gasteiger partial charge in [-0.15, -0.1) is 0 Å². The highest BCUT2D eigenvalue weighted by atomic mass is 16.5. The van der Waals surface area contributed by atoms with Gasteiger partial charge in [-0.1, -0.05) is 0 Å². The standard InChI is InChI=1S/C17H33N5O6/c1-13(23)21(27)11-7-16(25)19-9-3-5-15(18)6-4-10-20-17(26)8-12-22(28)14(2)24/h15,27-28H,3-12,18H2,1-2H3,(H,19,25)(H,20,26). The van der Waals surface area contributed by atoms with Crippen molar-refractivity contribution in [2.24, 2.45) is 5.73 Å². The molecule has 11 nitrogen and oxygen atoms in total. The SMILES string of the molecule is CC(=O)N(O)CCC(=O)NCCCC(N)CCCNC(=O)CCN(O)C(C)=O. The lowest BCUT2D eigenvalue weighted by Crippen LogP contribution is -2.33. The van der Waals surface area contributed by atoms with Gasteiger partial charge in [0.25, 0.3) is 0 Å². The van der Waals surface area contributed by atoms with E-state index in [9.17, 15) is 19.2 Å². The van der Waals surface area contributed by atoms with Crippen LogP contribution in [-0.4, -0.2) is 76.4 Å². The number of carbonyl (C=O) groups excluding carboxylic acids is 4. The van der Waals surface area contributed by atoms with Gasteiger partial charge in [-0.3, -0.25) is 29.6 Å². The summed E-state index contributed by atoms with van der Waals surface area (Å²) >= 11 is 0. The maximum atomic E-state index is 11.6. The summed E-state index contributed by atoms with van der Waals surface area (Å²) in [5.41, 5.74) is 5.99. The fraction of sp³-hybridized carbons (Fsp3) is 0.765. The summed E-state index contributed by atoms with van der Waals surface area (Å²) in [6.07, 6.45) is 2.89. The number of amides is 4. The van der Waals surface area contributed by atoms with Gasteiger partial charge in [-0.2, -0.15) is 0 Å². The summed E-state index contributed by atoms with van der Waals surface area (Å²) < 4.78 is 0. The topological polar surface area (TPSA) is 165 Å². The molecule has 0 spiro atoms. The lowest BCUT2D eigenvalue weighted by molar-refractivity contribution is -0.163. The number of hydroxylamine groups is 4. The molecular formula is C17H33N5O6. The number of rotatable bonds is 14. The van der Waals surface area contributed by atoms with Crippen LogP contribution in [0.25, 0.3) is 0 Å². The normalized spacial score (nSPS) is 10.5. The minimum Gasteiger partial charge on any atom is -0.356 e. The van der Waals surface area contributed by atoms with E-state index in [0.29, 0.717) is 48.9 Å². The van der Waals surface area contributed by atoms with Gasteiger partial charge in [0, 0.05) is 45.8 Å². The molecule has 0 aliphatic carbocycles. The van der Waals surface area contributed by atoms with E-state index in [-0.39, 0.29) is 43.8 Å². The predicted molar refractivity (Wildman–Crippen MR) is 100 cm³/mol. The minimum absolute atomic E-state index is 0.0300. The zero-order valence-electron chi connectivity index (χ0n) is 16.6. The number of hydrogen-bond acceptors (Lipinski definition) is 7. The lowest BCUT2D eigenvalue weighted by atomic mass is 10.1. The second-order valence-corrected chi connectivity index (χ2v) is 6.53. The molecule has 0 saturated heterocycles. The number of nitrogens with zero attached hydrogens (tertiary/aromatic N) is 2. The summed E-state index contributed by atoms with van der Waals surface area (Å²) in [4.78, 5) is 44.7. The summed E-state index contributed by atoms with van der Waals surface area (Å²) in [5, 5.41) is 24.7. The largest absolute Gasteiger partial charge is 0.356 e. The third-order valence-corrected chi connectivity index (χ3v) is 3.98. The van der Waals surface area contributed by atoms with Gasteiger partial charge in [-0.25, -0.2) is 10.1 Å². The highest BCUT2D eigenvalue weighted by Gasteiger charge is 2.10. The predicted octanol–water partition coefficient (Wildman–Crippen LogP) is -0.638. The minimum atomic E-state index is -0.513. The van der Waals surface area contributed by atoms with Crippen molar-refractivity contribution in [3.63, 3.8) is 0 Å². The van der Waals surface area contributed by atoms with Gasteiger partial charge in [0.2, 0.25) is 23.6 Å². The molecular weight excluding hydrogens is 370 g/mol. The van der Waals surface area contributed by atoms with Gasteiger partial charge in [0.1, 0.15) is 0 Å². The first-order valence-corrected chi connectivity index (χ1v) is 9.36. The maximum Gasteiger partial charge on any atom is 0.242 e. The van der Waals surface area contributed by atoms with Crippen LogP contribution in [0.3, 0.4) is 0 Å². The van der Waals surface area contributed by atoms with Crippen molar-refractivity contribution in [1.29, 1.82) is 0 Å². The molecule has 0 unspecified atom stereocenters. The van der Waals surface area contributed by atoms with Crippen molar-refractivity contribution in [1.82, 2.24) is 20.8 Å². The molecule has 6 N–H and O–H groups in total. The molecule has 0 radical (unpaired) electrons. The van der Waals surface area contributed by atoms with Crippen LogP contribution in [-0.2, 0) is 19.2 Å². The molecule has 4 amide bonds. The molecule has 0 saturated carbocycles. The van der Waals surface area contributed by atoms with Crippen molar-refractivity contribution in [2.45, 2.75) is 58.4 Å². The smallest absolute Gasteiger partial charge is 0.242 e. The van der Waals surface area contributed by atoms with Crippen LogP contribution < -0.4 is 16.4 Å². The first-order valence-electron chi connectivity index (χ1n) is 9.36. The molecule has 0 aromatic heterocycles. The molecule has 0 aliphatic rings. The summed E-state index contributed by atoms with van der Waals surface area (Å²) in [6, 6.07) is -0.0508. The van der Waals surface area contributed by atoms with E-state index >= 15 is 0 Å². The molecule has 0 heterocycles. The molecule has 0 aromatic rings. The number of nitrogens with one attached hydrogen (secondary N) is 2. The maximum absolute atomic E-state index is 11.6. The average molecular weight is 403 g/mol. The van der Waals surface area contributed by atoms with Crippen molar-refractivity contribution >= 4 is 23.6 Å². The second kappa shape index (κ2) is 14.8. The Labute approximate surface area is 165 Å². The third kappa shape index (κ3) is 13.9. The van der Waals surface area contributed by atoms with Crippen LogP contribution in [0.15, 0.2) is 0 Å². The summed E-state index contributed by atoms with van der Waals surface area (Å²) in [5.74, 6) is -1.52. The van der Waals surface area contributed by atoms with E-state index in [1.165, 1.54) is 13.8 Å². The quantitative estimate of drug-likeness (QED) is 0.146. The van der Waals surface area contributed by atoms with Crippen LogP contribution in [0.2, 0.25) is 0 Å². The first-order chi connectivity index (χ1) is 13.1. The Hall–Kier alpha value is -2.24. The van der Waals surface area contributed by atoms with Gasteiger partial charge in [0.05, 0.1) is 13.1 Å². The van der Waals surface area contributed by atoms with Gasteiger partial charge in [-0.05, 0) is 25.7 Å². The van der Waals surface area contributed by atoms with E-state index in [1.807, 2.05) is 0 Å². The second-order valence-electron chi connectivity index (χ2n) is 6.53. The molecule has 162 valence electrons. The van der Waals surface area contributed by atoms with Crippen molar-refractivity contribution in [3.05, 3.63) is 0 Å². The molecule has 11 heteroatoms. The lowest BCUT2D eigenvalue weighted by Gasteiger charge is -2.14. The molecule has 0 rings (SSSR count). The van der Waals surface area contributed by atoms with Crippen LogP contribution in [0, 0.1) is 0 Å². The van der Waals surface area contributed by atoms with Crippen LogP contribution >= 0.6 is 0 Å². The molecule has 0 aliphatic heterocycles. The zero-order chi connectivity index (χ0) is 21.5. The number of carbonyl (C=O) groups is 4. The average Bonchev–Trinajstić information content (AvgIpc) is 2.64. The molecule has 0 atom stereocenters. The van der Waals surface area contributed by atoms with Gasteiger partial charge < -0.3 is 16.4 Å². The van der Waals surface area contributed by atoms with E-state index < -0.39 is 11.8 Å². The zero-order valence-corrected chi connectivity index (χ0v) is 16.6. The Balaban J connectivity index is 3.63. The first kappa shape index (κ1) is 25.8. The Morgan fingerprint density at radius 1 is 0.821 bits per heavy atom. The number of nitrogens with two attached hydrogens (primary N) is 1. The third-order valence-electron chi connectivity index (χ3n) is 3.98. The van der Waals surface area contributed by atoms with Crippen LogP contribution in [0.1, 0.15) is 52.4 Å². The van der Waals surface area contributed by atoms with Gasteiger partial charge in [0.15, 0.2) is 0 Å². The molecule has 0 aromatic carbocycles. The fourth-order valence-electron chi connectivity index (χ4n) is 2.24. The molecule has 0 bridgehead atoms. The Bertz CT molecular complexity index is 472. The Morgan fingerprint density at radius 2 is 1.18 bits per heavy atom. The van der Waals surface area contributed by atoms with E-state index in [2.05, 4.69) is 10.6 Å². The van der Waals surface area contributed by atoms with Crippen LogP contribution in [0.5, 0.6) is 0 Å². The summed E-state index contributed by atoms with van der Waals surface area (Å²) in [6.45, 7) is 3.25.